The van der Waals surface area contributed by atoms with Gasteiger partial charge in [0.15, 0.2) is 0 Å². The first-order chi connectivity index (χ1) is 8.11. The number of benzene rings is 1. The van der Waals surface area contributed by atoms with Crippen LogP contribution < -0.4 is 5.73 Å². The summed E-state index contributed by atoms with van der Waals surface area (Å²) in [5, 5.41) is 0.397. The molecule has 92 valence electrons. The fraction of sp³-hybridized carbons (Fsp3) is 0.417. The number of ether oxygens (including phenoxy) is 1. The molecule has 2 rings (SSSR count). The van der Waals surface area contributed by atoms with Gasteiger partial charge in [0.25, 0.3) is 5.91 Å². The highest BCUT2D eigenvalue weighted by Gasteiger charge is 2.27. The van der Waals surface area contributed by atoms with Gasteiger partial charge >= 0.3 is 0 Å². The second-order valence-corrected chi connectivity index (χ2v) is 4.53. The third-order valence-corrected chi connectivity index (χ3v) is 3.20. The number of morpholine rings is 1. The minimum Gasteiger partial charge on any atom is -0.398 e. The van der Waals surface area contributed by atoms with Crippen LogP contribution in [0.25, 0.3) is 0 Å². The lowest BCUT2D eigenvalue weighted by molar-refractivity contribution is 0.00366. The van der Waals surface area contributed by atoms with Crippen LogP contribution in [0.5, 0.6) is 0 Å². The number of carbonyl (C=O) groups excluding carboxylic acids is 1. The third kappa shape index (κ3) is 2.37. The molecule has 0 aromatic heterocycles. The SMILES string of the molecule is C[C@@H]1COCCN1C(=O)c1c(N)cccc1Cl. The van der Waals surface area contributed by atoms with Gasteiger partial charge in [-0.2, -0.15) is 0 Å². The molecule has 1 aliphatic heterocycles. The number of rotatable bonds is 1. The molecule has 1 aromatic carbocycles. The molecule has 0 aliphatic carbocycles. The lowest BCUT2D eigenvalue weighted by Crippen LogP contribution is -2.47. The number of nitrogens with zero attached hydrogens (tertiary/aromatic N) is 1. The second kappa shape index (κ2) is 4.94. The fourth-order valence-corrected chi connectivity index (χ4v) is 2.20. The third-order valence-electron chi connectivity index (χ3n) is 2.89. The molecular weight excluding hydrogens is 240 g/mol. The number of amides is 1. The average molecular weight is 255 g/mol. The van der Waals surface area contributed by atoms with Crippen molar-refractivity contribution in [1.82, 2.24) is 4.90 Å². The predicted molar refractivity (Wildman–Crippen MR) is 67.2 cm³/mol. The summed E-state index contributed by atoms with van der Waals surface area (Å²) < 4.78 is 5.30. The lowest BCUT2D eigenvalue weighted by atomic mass is 10.1. The van der Waals surface area contributed by atoms with E-state index < -0.39 is 0 Å². The van der Waals surface area contributed by atoms with E-state index in [1.54, 1.807) is 23.1 Å². The molecule has 5 heteroatoms. The summed E-state index contributed by atoms with van der Waals surface area (Å²) in [6, 6.07) is 5.14. The number of halogens is 1. The summed E-state index contributed by atoms with van der Waals surface area (Å²) in [6.45, 7) is 3.63. The van der Waals surface area contributed by atoms with E-state index in [2.05, 4.69) is 0 Å². The van der Waals surface area contributed by atoms with E-state index >= 15 is 0 Å². The first-order valence-corrected chi connectivity index (χ1v) is 5.91. The van der Waals surface area contributed by atoms with Crippen molar-refractivity contribution in [2.24, 2.45) is 0 Å². The van der Waals surface area contributed by atoms with E-state index in [-0.39, 0.29) is 11.9 Å². The molecule has 17 heavy (non-hydrogen) atoms. The lowest BCUT2D eigenvalue weighted by Gasteiger charge is -2.33. The van der Waals surface area contributed by atoms with Crippen molar-refractivity contribution in [3.63, 3.8) is 0 Å². The fourth-order valence-electron chi connectivity index (χ4n) is 1.94. The number of hydrogen-bond donors (Lipinski definition) is 1. The average Bonchev–Trinajstić information content (AvgIpc) is 2.29. The number of nitrogen functional groups attached to an aromatic ring is 1. The zero-order valence-electron chi connectivity index (χ0n) is 9.65. The van der Waals surface area contributed by atoms with Crippen LogP contribution in [0.4, 0.5) is 5.69 Å². The maximum Gasteiger partial charge on any atom is 0.257 e. The van der Waals surface area contributed by atoms with Crippen LogP contribution in [0.1, 0.15) is 17.3 Å². The van der Waals surface area contributed by atoms with Gasteiger partial charge in [0.1, 0.15) is 0 Å². The first kappa shape index (κ1) is 12.2. The van der Waals surface area contributed by atoms with Gasteiger partial charge in [0, 0.05) is 12.2 Å². The standard InChI is InChI=1S/C12H15ClN2O2/c1-8-7-17-6-5-15(8)12(16)11-9(13)3-2-4-10(11)14/h2-4,8H,5-7,14H2,1H3/t8-/m1/s1. The molecule has 0 bridgehead atoms. The Hall–Kier alpha value is -1.26. The highest BCUT2D eigenvalue weighted by Crippen LogP contribution is 2.25. The quantitative estimate of drug-likeness (QED) is 0.778. The van der Waals surface area contributed by atoms with Crippen molar-refractivity contribution < 1.29 is 9.53 Å². The van der Waals surface area contributed by atoms with Crippen molar-refractivity contribution in [2.45, 2.75) is 13.0 Å². The zero-order valence-corrected chi connectivity index (χ0v) is 10.4. The zero-order chi connectivity index (χ0) is 12.4. The molecule has 0 unspecified atom stereocenters. The van der Waals surface area contributed by atoms with Crippen molar-refractivity contribution in [1.29, 1.82) is 0 Å². The van der Waals surface area contributed by atoms with E-state index in [1.807, 2.05) is 6.92 Å². The van der Waals surface area contributed by atoms with Gasteiger partial charge in [-0.15, -0.1) is 0 Å². The second-order valence-electron chi connectivity index (χ2n) is 4.13. The Bertz CT molecular complexity index is 416. The highest BCUT2D eigenvalue weighted by molar-refractivity contribution is 6.34. The van der Waals surface area contributed by atoms with Gasteiger partial charge in [-0.05, 0) is 19.1 Å². The van der Waals surface area contributed by atoms with E-state index in [0.717, 1.165) is 0 Å². The van der Waals surface area contributed by atoms with E-state index in [9.17, 15) is 4.79 Å². The van der Waals surface area contributed by atoms with Crippen LogP contribution in [0, 0.1) is 0 Å². The van der Waals surface area contributed by atoms with Crippen LogP contribution in [-0.4, -0.2) is 36.6 Å². The summed E-state index contributed by atoms with van der Waals surface area (Å²) in [6.07, 6.45) is 0. The van der Waals surface area contributed by atoms with Gasteiger partial charge in [-0.3, -0.25) is 4.79 Å². The Kier molecular flexibility index (Phi) is 3.54. The van der Waals surface area contributed by atoms with Crippen LogP contribution >= 0.6 is 11.6 Å². The summed E-state index contributed by atoms with van der Waals surface area (Å²) >= 11 is 6.03. The van der Waals surface area contributed by atoms with Crippen molar-refractivity contribution >= 4 is 23.2 Å². The summed E-state index contributed by atoms with van der Waals surface area (Å²) in [5.74, 6) is -0.121. The maximum absolute atomic E-state index is 12.4. The van der Waals surface area contributed by atoms with Gasteiger partial charge in [-0.25, -0.2) is 0 Å². The normalized spacial score (nSPS) is 20.4. The van der Waals surface area contributed by atoms with E-state index in [0.29, 0.717) is 36.0 Å². The molecule has 1 amide bonds. The summed E-state index contributed by atoms with van der Waals surface area (Å²) in [7, 11) is 0. The summed E-state index contributed by atoms with van der Waals surface area (Å²) in [5.41, 5.74) is 6.62. The van der Waals surface area contributed by atoms with E-state index in [1.165, 1.54) is 0 Å². The molecule has 1 atom stereocenters. The number of hydrogen-bond acceptors (Lipinski definition) is 3. The molecule has 0 radical (unpaired) electrons. The molecule has 4 nitrogen and oxygen atoms in total. The predicted octanol–water partition coefficient (Wildman–Crippen LogP) is 1.78. The van der Waals surface area contributed by atoms with Crippen molar-refractivity contribution in [3.8, 4) is 0 Å². The maximum atomic E-state index is 12.4. The van der Waals surface area contributed by atoms with Crippen molar-refractivity contribution in [2.75, 3.05) is 25.5 Å². The minimum absolute atomic E-state index is 0.0481. The molecule has 0 saturated carbocycles. The van der Waals surface area contributed by atoms with Gasteiger partial charge < -0.3 is 15.4 Å². The van der Waals surface area contributed by atoms with Gasteiger partial charge in [-0.1, -0.05) is 17.7 Å². The molecule has 2 N–H and O–H groups in total. The Morgan fingerprint density at radius 3 is 3.00 bits per heavy atom. The smallest absolute Gasteiger partial charge is 0.257 e. The highest BCUT2D eigenvalue weighted by atomic mass is 35.5. The Labute approximate surface area is 105 Å². The number of nitrogens with two attached hydrogens (primary N) is 1. The Morgan fingerprint density at radius 1 is 1.59 bits per heavy atom. The molecule has 1 heterocycles. The van der Waals surface area contributed by atoms with Crippen molar-refractivity contribution in [3.05, 3.63) is 28.8 Å². The summed E-state index contributed by atoms with van der Waals surface area (Å²) in [4.78, 5) is 14.1. The van der Waals surface area contributed by atoms with Gasteiger partial charge in [0.2, 0.25) is 0 Å². The number of carbonyl (C=O) groups is 1. The molecule has 1 aliphatic rings. The van der Waals surface area contributed by atoms with Crippen LogP contribution in [0.3, 0.4) is 0 Å². The minimum atomic E-state index is -0.121. The Morgan fingerprint density at radius 2 is 2.35 bits per heavy atom. The molecule has 1 saturated heterocycles. The molecule has 1 aromatic rings. The largest absolute Gasteiger partial charge is 0.398 e. The van der Waals surface area contributed by atoms with Gasteiger partial charge in [0.05, 0.1) is 29.8 Å². The number of anilines is 1. The topological polar surface area (TPSA) is 55.6 Å². The molecular formula is C12H15ClN2O2. The monoisotopic (exact) mass is 254 g/mol. The molecule has 1 fully saturated rings. The first-order valence-electron chi connectivity index (χ1n) is 5.54. The van der Waals surface area contributed by atoms with Crippen LogP contribution in [0.15, 0.2) is 18.2 Å². The van der Waals surface area contributed by atoms with E-state index in [4.69, 9.17) is 22.1 Å². The molecule has 0 spiro atoms. The van der Waals surface area contributed by atoms with Crippen LogP contribution in [0.2, 0.25) is 5.02 Å². The van der Waals surface area contributed by atoms with Crippen LogP contribution in [-0.2, 0) is 4.74 Å². The Balaban J connectivity index is 2.30.